The molecule has 7 nitrogen and oxygen atoms in total. The number of carboxylic acid groups (broad SMARTS) is 1. The largest absolute Gasteiger partial charge is 0.495 e. The molecule has 0 spiro atoms. The number of rotatable bonds is 5. The quantitative estimate of drug-likeness (QED) is 0.665. The fraction of sp³-hybridized carbons (Fsp3) is 0.200. The van der Waals surface area contributed by atoms with Crippen LogP contribution in [0.4, 0.5) is 5.69 Å². The number of carboxylic acids is 1. The van der Waals surface area contributed by atoms with Crippen LogP contribution < -0.4 is 9.04 Å². The van der Waals surface area contributed by atoms with E-state index in [-0.39, 0.29) is 22.8 Å². The molecule has 0 saturated carbocycles. The molecule has 29 heavy (non-hydrogen) atoms. The number of anilines is 1. The molecule has 2 heterocycles. The van der Waals surface area contributed by atoms with Gasteiger partial charge in [0, 0.05) is 17.5 Å². The predicted octanol–water partition coefficient (Wildman–Crippen LogP) is 3.58. The van der Waals surface area contributed by atoms with Crippen LogP contribution in [0.3, 0.4) is 0 Å². The lowest BCUT2D eigenvalue weighted by molar-refractivity contribution is 0.0696. The molecule has 0 aliphatic carbocycles. The van der Waals surface area contributed by atoms with Crippen molar-refractivity contribution in [1.82, 2.24) is 4.98 Å². The number of aryl methyl sites for hydroxylation is 1. The van der Waals surface area contributed by atoms with Gasteiger partial charge in [-0.25, -0.2) is 18.2 Å². The third kappa shape index (κ3) is 3.36. The highest BCUT2D eigenvalue weighted by atomic mass is 32.2. The Balaban J connectivity index is 1.76. The molecule has 0 bridgehead atoms. The molecule has 150 valence electrons. The Morgan fingerprint density at radius 3 is 2.69 bits per heavy atom. The molecule has 1 N–H and O–H groups in total. The Morgan fingerprint density at radius 1 is 1.24 bits per heavy atom. The maximum Gasteiger partial charge on any atom is 0.335 e. The monoisotopic (exact) mass is 430 g/mol. The van der Waals surface area contributed by atoms with Crippen LogP contribution in [0.2, 0.25) is 0 Å². The minimum Gasteiger partial charge on any atom is -0.495 e. The van der Waals surface area contributed by atoms with Crippen molar-refractivity contribution < 1.29 is 23.1 Å². The lowest BCUT2D eigenvalue weighted by Gasteiger charge is -2.21. The topological polar surface area (TPSA) is 96.8 Å². The number of hydrogen-bond donors (Lipinski definition) is 1. The van der Waals surface area contributed by atoms with Gasteiger partial charge in [-0.3, -0.25) is 4.31 Å². The van der Waals surface area contributed by atoms with Crippen molar-refractivity contribution in [2.24, 2.45) is 0 Å². The molecule has 0 unspecified atom stereocenters. The molecule has 0 atom stereocenters. The summed E-state index contributed by atoms with van der Waals surface area (Å²) in [6.45, 7) is 2.21. The Bertz CT molecular complexity index is 1220. The van der Waals surface area contributed by atoms with Crippen LogP contribution in [0.5, 0.6) is 5.75 Å². The fourth-order valence-electron chi connectivity index (χ4n) is 3.41. The van der Waals surface area contributed by atoms with Crippen LogP contribution in [0.25, 0.3) is 11.3 Å². The molecule has 1 aromatic heterocycles. The number of hydrogen-bond acceptors (Lipinski definition) is 6. The van der Waals surface area contributed by atoms with Crippen molar-refractivity contribution in [1.29, 1.82) is 0 Å². The first-order chi connectivity index (χ1) is 13.8. The van der Waals surface area contributed by atoms with Crippen LogP contribution in [0.1, 0.15) is 20.9 Å². The summed E-state index contributed by atoms with van der Waals surface area (Å²) in [4.78, 5) is 15.6. The summed E-state index contributed by atoms with van der Waals surface area (Å²) in [6, 6.07) is 9.41. The van der Waals surface area contributed by atoms with Crippen LogP contribution in [-0.2, 0) is 16.4 Å². The third-order valence-corrected chi connectivity index (χ3v) is 7.43. The summed E-state index contributed by atoms with van der Waals surface area (Å²) in [5.41, 5.74) is 3.19. The number of benzene rings is 2. The number of nitrogens with zero attached hydrogens (tertiary/aromatic N) is 2. The van der Waals surface area contributed by atoms with Crippen LogP contribution in [0, 0.1) is 6.92 Å². The van der Waals surface area contributed by atoms with Gasteiger partial charge in [-0.15, -0.1) is 11.3 Å². The molecule has 3 aromatic rings. The Labute approximate surface area is 172 Å². The van der Waals surface area contributed by atoms with E-state index in [0.717, 1.165) is 27.9 Å². The molecular weight excluding hydrogens is 412 g/mol. The highest BCUT2D eigenvalue weighted by Gasteiger charge is 2.33. The molecule has 0 saturated heterocycles. The van der Waals surface area contributed by atoms with Gasteiger partial charge in [-0.05, 0) is 49.2 Å². The summed E-state index contributed by atoms with van der Waals surface area (Å²) in [6.07, 6.45) is 0.562. The molecule has 2 aromatic carbocycles. The lowest BCUT2D eigenvalue weighted by Crippen LogP contribution is -2.29. The Hall–Kier alpha value is -2.91. The van der Waals surface area contributed by atoms with E-state index in [1.54, 1.807) is 17.4 Å². The maximum absolute atomic E-state index is 13.4. The smallest absolute Gasteiger partial charge is 0.335 e. The summed E-state index contributed by atoms with van der Waals surface area (Å²) >= 11 is 1.56. The van der Waals surface area contributed by atoms with E-state index in [4.69, 9.17) is 4.74 Å². The third-order valence-electron chi connectivity index (χ3n) is 4.83. The molecule has 0 radical (unpaired) electrons. The summed E-state index contributed by atoms with van der Waals surface area (Å²) < 4.78 is 33.2. The van der Waals surface area contributed by atoms with Gasteiger partial charge >= 0.3 is 5.97 Å². The van der Waals surface area contributed by atoms with E-state index in [1.807, 2.05) is 24.4 Å². The SMILES string of the molecule is COc1ccc(C(=O)O)cc1S(=O)(=O)N1CCc2cc(-c3csc(C)n3)ccc21. The fourth-order valence-corrected chi connectivity index (χ4v) is 5.72. The van der Waals surface area contributed by atoms with Crippen molar-refractivity contribution in [3.05, 3.63) is 57.9 Å². The van der Waals surface area contributed by atoms with Gasteiger partial charge < -0.3 is 9.84 Å². The predicted molar refractivity (Wildman–Crippen MR) is 110 cm³/mol. The number of ether oxygens (including phenoxy) is 1. The lowest BCUT2D eigenvalue weighted by atomic mass is 10.1. The number of fused-ring (bicyclic) bond motifs is 1. The van der Waals surface area contributed by atoms with Gasteiger partial charge in [-0.1, -0.05) is 6.07 Å². The average Bonchev–Trinajstić information content (AvgIpc) is 3.33. The normalized spacial score (nSPS) is 13.4. The standard InChI is InChI=1S/C20H18N2O5S2/c1-12-21-16(11-28-12)13-3-5-17-14(9-13)7-8-22(17)29(25,26)19-10-15(20(23)24)4-6-18(19)27-2/h3-6,9-11H,7-8H2,1-2H3,(H,23,24). The van der Waals surface area contributed by atoms with Gasteiger partial charge in [0.15, 0.2) is 0 Å². The second-order valence-electron chi connectivity index (χ2n) is 6.59. The Morgan fingerprint density at radius 2 is 2.03 bits per heavy atom. The molecule has 4 rings (SSSR count). The molecular formula is C20H18N2O5S2. The van der Waals surface area contributed by atoms with Gasteiger partial charge in [0.05, 0.1) is 29.1 Å². The van der Waals surface area contributed by atoms with E-state index >= 15 is 0 Å². The minimum atomic E-state index is -3.99. The van der Waals surface area contributed by atoms with Gasteiger partial charge in [0.2, 0.25) is 0 Å². The zero-order chi connectivity index (χ0) is 20.8. The zero-order valence-electron chi connectivity index (χ0n) is 15.7. The molecule has 0 amide bonds. The number of sulfonamides is 1. The first-order valence-corrected chi connectivity index (χ1v) is 11.1. The molecule has 1 aliphatic rings. The van der Waals surface area contributed by atoms with E-state index in [0.29, 0.717) is 12.1 Å². The van der Waals surface area contributed by atoms with Gasteiger partial charge in [-0.2, -0.15) is 0 Å². The first-order valence-electron chi connectivity index (χ1n) is 8.81. The number of methoxy groups -OCH3 is 1. The van der Waals surface area contributed by atoms with Crippen LogP contribution in [-0.4, -0.2) is 38.1 Å². The second kappa shape index (κ2) is 7.16. The highest BCUT2D eigenvalue weighted by Crippen LogP contribution is 2.38. The van der Waals surface area contributed by atoms with Crippen molar-refractivity contribution in [3.8, 4) is 17.0 Å². The maximum atomic E-state index is 13.4. The summed E-state index contributed by atoms with van der Waals surface area (Å²) in [5, 5.41) is 12.2. The van der Waals surface area contributed by atoms with Gasteiger partial charge in [0.1, 0.15) is 10.6 Å². The van der Waals surface area contributed by atoms with Crippen LogP contribution >= 0.6 is 11.3 Å². The van der Waals surface area contributed by atoms with E-state index < -0.39 is 16.0 Å². The number of aromatic nitrogens is 1. The van der Waals surface area contributed by atoms with E-state index in [1.165, 1.54) is 23.5 Å². The van der Waals surface area contributed by atoms with Crippen molar-refractivity contribution in [2.75, 3.05) is 18.0 Å². The summed E-state index contributed by atoms with van der Waals surface area (Å²) in [5.74, 6) is -1.09. The van der Waals surface area contributed by atoms with Crippen LogP contribution in [0.15, 0.2) is 46.7 Å². The Kier molecular flexibility index (Phi) is 4.79. The van der Waals surface area contributed by atoms with Crippen molar-refractivity contribution in [2.45, 2.75) is 18.2 Å². The molecule has 9 heteroatoms. The van der Waals surface area contributed by atoms with E-state index in [2.05, 4.69) is 4.98 Å². The minimum absolute atomic E-state index is 0.109. The van der Waals surface area contributed by atoms with Crippen molar-refractivity contribution in [3.63, 3.8) is 0 Å². The number of carbonyl (C=O) groups is 1. The van der Waals surface area contributed by atoms with Gasteiger partial charge in [0.25, 0.3) is 10.0 Å². The first kappa shape index (κ1) is 19.4. The second-order valence-corrected chi connectivity index (χ2v) is 9.49. The van der Waals surface area contributed by atoms with E-state index in [9.17, 15) is 18.3 Å². The number of thiazole rings is 1. The summed E-state index contributed by atoms with van der Waals surface area (Å²) in [7, 11) is -2.64. The zero-order valence-corrected chi connectivity index (χ0v) is 17.4. The molecule has 0 fully saturated rings. The molecule has 1 aliphatic heterocycles. The van der Waals surface area contributed by atoms with Crippen molar-refractivity contribution >= 4 is 33.0 Å². The number of aromatic carboxylic acids is 1. The highest BCUT2D eigenvalue weighted by molar-refractivity contribution is 7.93. The average molecular weight is 431 g/mol.